The average molecular weight is 364 g/mol. The number of fused-ring (bicyclic) bond motifs is 1. The number of hydrogen-bond acceptors (Lipinski definition) is 6. The third kappa shape index (κ3) is 2.99. The van der Waals surface area contributed by atoms with Crippen LogP contribution in [0.5, 0.6) is 0 Å². The van der Waals surface area contributed by atoms with Gasteiger partial charge in [-0.15, -0.1) is 5.10 Å². The Bertz CT molecular complexity index is 1130. The number of hydrogen-bond donors (Lipinski definition) is 0. The van der Waals surface area contributed by atoms with E-state index in [9.17, 15) is 4.79 Å². The average Bonchev–Trinajstić information content (AvgIpc) is 3.13. The molecule has 0 N–H and O–H groups in total. The summed E-state index contributed by atoms with van der Waals surface area (Å²) in [6.45, 7) is 2.03. The normalized spacial score (nSPS) is 11.2. The molecule has 0 aliphatic rings. The Morgan fingerprint density at radius 3 is 2.65 bits per heavy atom. The molecular weight excluding hydrogens is 348 g/mol. The molecule has 2 heterocycles. The SMILES string of the molecule is Cc1ccc(-n2nnnc2SCc2nc3ccccc3c(=O)n2C)cc1. The fraction of sp³-hybridized carbons (Fsp3) is 0.167. The maximum Gasteiger partial charge on any atom is 0.261 e. The molecule has 7 nitrogen and oxygen atoms in total. The molecule has 2 aromatic heterocycles. The van der Waals surface area contributed by atoms with E-state index in [2.05, 4.69) is 20.5 Å². The Morgan fingerprint density at radius 2 is 1.85 bits per heavy atom. The van der Waals surface area contributed by atoms with Crippen LogP contribution < -0.4 is 5.56 Å². The van der Waals surface area contributed by atoms with Crippen LogP contribution in [0.2, 0.25) is 0 Å². The van der Waals surface area contributed by atoms with Crippen LogP contribution in [-0.2, 0) is 12.8 Å². The summed E-state index contributed by atoms with van der Waals surface area (Å²) >= 11 is 1.44. The molecule has 0 spiro atoms. The zero-order valence-electron chi connectivity index (χ0n) is 14.3. The van der Waals surface area contributed by atoms with Crippen LogP contribution in [-0.4, -0.2) is 29.8 Å². The summed E-state index contributed by atoms with van der Waals surface area (Å²) in [5.74, 6) is 1.17. The maximum atomic E-state index is 12.5. The number of aryl methyl sites for hydroxylation is 1. The van der Waals surface area contributed by atoms with Crippen molar-refractivity contribution in [3.63, 3.8) is 0 Å². The molecule has 0 fully saturated rings. The van der Waals surface area contributed by atoms with Crippen molar-refractivity contribution in [1.29, 1.82) is 0 Å². The van der Waals surface area contributed by atoms with Crippen molar-refractivity contribution in [2.24, 2.45) is 7.05 Å². The van der Waals surface area contributed by atoms with Gasteiger partial charge in [0.1, 0.15) is 5.82 Å². The molecule has 0 atom stereocenters. The van der Waals surface area contributed by atoms with Gasteiger partial charge in [0, 0.05) is 7.05 Å². The van der Waals surface area contributed by atoms with Crippen molar-refractivity contribution in [2.75, 3.05) is 0 Å². The summed E-state index contributed by atoms with van der Waals surface area (Å²) in [6.07, 6.45) is 0. The molecule has 26 heavy (non-hydrogen) atoms. The summed E-state index contributed by atoms with van der Waals surface area (Å²) in [5.41, 5.74) is 2.71. The highest BCUT2D eigenvalue weighted by molar-refractivity contribution is 7.98. The third-order valence-electron chi connectivity index (χ3n) is 4.13. The topological polar surface area (TPSA) is 78.5 Å². The first-order valence-corrected chi connectivity index (χ1v) is 9.05. The second-order valence-corrected chi connectivity index (χ2v) is 6.85. The van der Waals surface area contributed by atoms with Crippen LogP contribution in [0, 0.1) is 6.92 Å². The van der Waals surface area contributed by atoms with Gasteiger partial charge in [-0.25, -0.2) is 4.98 Å². The molecule has 2 aromatic carbocycles. The Hall–Kier alpha value is -3.00. The Labute approximate surface area is 153 Å². The molecule has 0 radical (unpaired) electrons. The largest absolute Gasteiger partial charge is 0.299 e. The van der Waals surface area contributed by atoms with Crippen molar-refractivity contribution >= 4 is 22.7 Å². The zero-order valence-corrected chi connectivity index (χ0v) is 15.1. The fourth-order valence-corrected chi connectivity index (χ4v) is 3.51. The molecule has 130 valence electrons. The van der Waals surface area contributed by atoms with E-state index in [1.165, 1.54) is 17.3 Å². The molecule has 0 unspecified atom stereocenters. The highest BCUT2D eigenvalue weighted by Gasteiger charge is 2.12. The van der Waals surface area contributed by atoms with Gasteiger partial charge < -0.3 is 0 Å². The van der Waals surface area contributed by atoms with Gasteiger partial charge in [-0.3, -0.25) is 9.36 Å². The van der Waals surface area contributed by atoms with Gasteiger partial charge in [-0.05, 0) is 41.6 Å². The first-order valence-electron chi connectivity index (χ1n) is 8.06. The van der Waals surface area contributed by atoms with Gasteiger partial charge >= 0.3 is 0 Å². The monoisotopic (exact) mass is 364 g/mol. The molecule has 0 aliphatic carbocycles. The van der Waals surface area contributed by atoms with E-state index < -0.39 is 0 Å². The van der Waals surface area contributed by atoms with Gasteiger partial charge in [-0.1, -0.05) is 41.6 Å². The van der Waals surface area contributed by atoms with Crippen molar-refractivity contribution in [1.82, 2.24) is 29.8 Å². The zero-order chi connectivity index (χ0) is 18.1. The number of rotatable bonds is 4. The van der Waals surface area contributed by atoms with Gasteiger partial charge in [0.25, 0.3) is 5.56 Å². The summed E-state index contributed by atoms with van der Waals surface area (Å²) in [7, 11) is 1.74. The van der Waals surface area contributed by atoms with E-state index in [1.54, 1.807) is 22.4 Å². The molecular formula is C18H16N6OS. The van der Waals surface area contributed by atoms with Crippen LogP contribution in [0.4, 0.5) is 0 Å². The Balaban J connectivity index is 1.64. The first kappa shape index (κ1) is 16.5. The van der Waals surface area contributed by atoms with Crippen LogP contribution in [0.25, 0.3) is 16.6 Å². The van der Waals surface area contributed by atoms with Gasteiger partial charge in [-0.2, -0.15) is 4.68 Å². The lowest BCUT2D eigenvalue weighted by Crippen LogP contribution is -2.22. The molecule has 0 amide bonds. The molecule has 0 bridgehead atoms. The van der Waals surface area contributed by atoms with Crippen LogP contribution in [0.3, 0.4) is 0 Å². The second-order valence-electron chi connectivity index (χ2n) is 5.91. The van der Waals surface area contributed by atoms with E-state index in [-0.39, 0.29) is 5.56 Å². The van der Waals surface area contributed by atoms with Gasteiger partial charge in [0.2, 0.25) is 5.16 Å². The van der Waals surface area contributed by atoms with Crippen molar-refractivity contribution in [2.45, 2.75) is 17.8 Å². The van der Waals surface area contributed by atoms with Crippen molar-refractivity contribution in [3.05, 3.63) is 70.3 Å². The Kier molecular flexibility index (Phi) is 4.26. The predicted octanol–water partition coefficient (Wildman–Crippen LogP) is 2.51. The maximum absolute atomic E-state index is 12.5. The lowest BCUT2D eigenvalue weighted by Gasteiger charge is -2.09. The smallest absolute Gasteiger partial charge is 0.261 e. The van der Waals surface area contributed by atoms with Crippen molar-refractivity contribution in [3.8, 4) is 5.69 Å². The number of nitrogens with zero attached hydrogens (tertiary/aromatic N) is 6. The van der Waals surface area contributed by atoms with Crippen molar-refractivity contribution < 1.29 is 0 Å². The molecule has 0 saturated heterocycles. The number of thioether (sulfide) groups is 1. The van der Waals surface area contributed by atoms with Gasteiger partial charge in [0.15, 0.2) is 0 Å². The quantitative estimate of drug-likeness (QED) is 0.518. The van der Waals surface area contributed by atoms with Crippen LogP contribution in [0.1, 0.15) is 11.4 Å². The number of para-hydroxylation sites is 1. The minimum Gasteiger partial charge on any atom is -0.299 e. The standard InChI is InChI=1S/C18H16N6OS/c1-12-7-9-13(10-8-12)24-18(20-21-22-24)26-11-16-19-15-6-4-3-5-14(15)17(25)23(16)2/h3-10H,11H2,1-2H3. The van der Waals surface area contributed by atoms with Crippen LogP contribution in [0.15, 0.2) is 58.5 Å². The Morgan fingerprint density at radius 1 is 1.08 bits per heavy atom. The number of aromatic nitrogens is 6. The third-order valence-corrected chi connectivity index (χ3v) is 5.04. The summed E-state index contributed by atoms with van der Waals surface area (Å²) in [4.78, 5) is 17.1. The van der Waals surface area contributed by atoms with E-state index in [4.69, 9.17) is 0 Å². The fourth-order valence-electron chi connectivity index (χ4n) is 2.64. The molecule has 0 aliphatic heterocycles. The predicted molar refractivity (Wildman–Crippen MR) is 100 cm³/mol. The minimum atomic E-state index is -0.0515. The lowest BCUT2D eigenvalue weighted by molar-refractivity contribution is 0.753. The molecule has 4 rings (SSSR count). The first-order chi connectivity index (χ1) is 12.6. The molecule has 0 saturated carbocycles. The minimum absolute atomic E-state index is 0.0515. The number of tetrazole rings is 1. The van der Waals surface area contributed by atoms with E-state index in [0.29, 0.717) is 27.6 Å². The highest BCUT2D eigenvalue weighted by Crippen LogP contribution is 2.22. The van der Waals surface area contributed by atoms with E-state index in [1.807, 2.05) is 49.4 Å². The summed E-state index contributed by atoms with van der Waals surface area (Å²) in [5, 5.41) is 13.2. The number of benzene rings is 2. The van der Waals surface area contributed by atoms with E-state index in [0.717, 1.165) is 5.69 Å². The summed E-state index contributed by atoms with van der Waals surface area (Å²) < 4.78 is 3.26. The summed E-state index contributed by atoms with van der Waals surface area (Å²) in [6, 6.07) is 15.3. The molecule has 8 heteroatoms. The van der Waals surface area contributed by atoms with E-state index >= 15 is 0 Å². The van der Waals surface area contributed by atoms with Crippen LogP contribution >= 0.6 is 11.8 Å². The van der Waals surface area contributed by atoms with Gasteiger partial charge in [0.05, 0.1) is 22.3 Å². The second kappa shape index (κ2) is 6.72. The lowest BCUT2D eigenvalue weighted by atomic mass is 10.2. The molecule has 4 aromatic rings. The highest BCUT2D eigenvalue weighted by atomic mass is 32.2.